The highest BCUT2D eigenvalue weighted by Crippen LogP contribution is 2.23. The number of carbonyl (C=O) groups excluding carboxylic acids is 2. The fourth-order valence-electron chi connectivity index (χ4n) is 2.39. The molecule has 5 N–H and O–H groups in total. The molecule has 0 saturated heterocycles. The topological polar surface area (TPSA) is 109 Å². The van der Waals surface area contributed by atoms with Crippen LogP contribution >= 0.6 is 23.2 Å². The number of nitrogens with zero attached hydrogens (tertiary/aromatic N) is 1. The molecule has 2 aromatic rings. The van der Waals surface area contributed by atoms with E-state index in [0.29, 0.717) is 15.9 Å². The number of hydrogen-bond acceptors (Lipinski definition) is 5. The number of amides is 2. The third-order valence-corrected chi connectivity index (χ3v) is 4.94. The molecular formula is C19H23Cl2N5O2. The van der Waals surface area contributed by atoms with Gasteiger partial charge in [-0.05, 0) is 43.3 Å². The third-order valence-electron chi connectivity index (χ3n) is 4.20. The molecule has 1 aromatic carbocycles. The van der Waals surface area contributed by atoms with E-state index in [-0.39, 0.29) is 24.8 Å². The fraction of sp³-hybridized carbons (Fsp3) is 0.316. The smallest absolute Gasteiger partial charge is 0.243 e. The highest BCUT2D eigenvalue weighted by molar-refractivity contribution is 6.42. The van der Waals surface area contributed by atoms with Gasteiger partial charge in [0.25, 0.3) is 0 Å². The van der Waals surface area contributed by atoms with E-state index in [1.807, 2.05) is 0 Å². The number of nitrogen functional groups attached to an aromatic ring is 1. The fourth-order valence-corrected chi connectivity index (χ4v) is 2.71. The van der Waals surface area contributed by atoms with Gasteiger partial charge in [0.2, 0.25) is 11.8 Å². The molecule has 0 spiro atoms. The second kappa shape index (κ2) is 10.3. The molecule has 0 aliphatic heterocycles. The van der Waals surface area contributed by atoms with Gasteiger partial charge in [-0.3, -0.25) is 9.59 Å². The van der Waals surface area contributed by atoms with E-state index in [0.717, 1.165) is 11.1 Å². The lowest BCUT2D eigenvalue weighted by Crippen LogP contribution is -2.52. The van der Waals surface area contributed by atoms with Crippen LogP contribution in [0.25, 0.3) is 0 Å². The molecule has 2 atom stereocenters. The molecule has 0 unspecified atom stereocenters. The minimum Gasteiger partial charge on any atom is -0.384 e. The second-order valence-electron chi connectivity index (χ2n) is 6.33. The largest absolute Gasteiger partial charge is 0.384 e. The summed E-state index contributed by atoms with van der Waals surface area (Å²) in [4.78, 5) is 29.0. The van der Waals surface area contributed by atoms with Gasteiger partial charge in [-0.1, -0.05) is 35.3 Å². The van der Waals surface area contributed by atoms with Crippen molar-refractivity contribution >= 4 is 40.8 Å². The maximum Gasteiger partial charge on any atom is 0.243 e. The van der Waals surface area contributed by atoms with Crippen LogP contribution in [0.3, 0.4) is 0 Å². The number of carbonyl (C=O) groups is 2. The predicted molar refractivity (Wildman–Crippen MR) is 111 cm³/mol. The Morgan fingerprint density at radius 3 is 2.43 bits per heavy atom. The molecule has 0 aliphatic rings. The molecule has 0 saturated carbocycles. The van der Waals surface area contributed by atoms with Crippen molar-refractivity contribution in [3.05, 3.63) is 57.7 Å². The van der Waals surface area contributed by atoms with Crippen LogP contribution in [0.15, 0.2) is 36.5 Å². The van der Waals surface area contributed by atoms with Crippen LogP contribution in [0.4, 0.5) is 5.82 Å². The summed E-state index contributed by atoms with van der Waals surface area (Å²) in [6.45, 7) is 1.98. The lowest BCUT2D eigenvalue weighted by atomic mass is 10.0. The third kappa shape index (κ3) is 6.37. The molecule has 0 fully saturated rings. The van der Waals surface area contributed by atoms with Crippen LogP contribution in [-0.4, -0.2) is 35.9 Å². The van der Waals surface area contributed by atoms with Gasteiger partial charge in [-0.2, -0.15) is 0 Å². The monoisotopic (exact) mass is 423 g/mol. The minimum absolute atomic E-state index is 0.265. The van der Waals surface area contributed by atoms with Gasteiger partial charge < -0.3 is 21.7 Å². The number of rotatable bonds is 8. The average Bonchev–Trinajstić information content (AvgIpc) is 2.68. The summed E-state index contributed by atoms with van der Waals surface area (Å²) in [6.07, 6.45) is 1.86. The van der Waals surface area contributed by atoms with E-state index in [2.05, 4.69) is 20.9 Å². The van der Waals surface area contributed by atoms with Gasteiger partial charge in [0.15, 0.2) is 0 Å². The normalized spacial score (nSPS) is 12.9. The second-order valence-corrected chi connectivity index (χ2v) is 7.15. The molecule has 0 aliphatic carbocycles. The minimum atomic E-state index is -0.776. The maximum atomic E-state index is 12.7. The van der Waals surface area contributed by atoms with E-state index in [9.17, 15) is 9.59 Å². The van der Waals surface area contributed by atoms with Crippen LogP contribution in [0.5, 0.6) is 0 Å². The number of benzene rings is 1. The molecule has 150 valence electrons. The van der Waals surface area contributed by atoms with Crippen molar-refractivity contribution in [2.24, 2.45) is 0 Å². The molecule has 0 radical (unpaired) electrons. The first-order valence-electron chi connectivity index (χ1n) is 8.70. The molecule has 7 nitrogen and oxygen atoms in total. The van der Waals surface area contributed by atoms with E-state index >= 15 is 0 Å². The van der Waals surface area contributed by atoms with Gasteiger partial charge in [0.05, 0.1) is 16.1 Å². The zero-order valence-electron chi connectivity index (χ0n) is 15.6. The Bertz CT molecular complexity index is 830. The summed E-state index contributed by atoms with van der Waals surface area (Å²) in [6, 6.07) is 7.33. The van der Waals surface area contributed by atoms with Crippen molar-refractivity contribution in [3.8, 4) is 0 Å². The van der Waals surface area contributed by atoms with Crippen LogP contribution in [0.1, 0.15) is 18.1 Å². The van der Waals surface area contributed by atoms with Crippen molar-refractivity contribution in [1.29, 1.82) is 0 Å². The van der Waals surface area contributed by atoms with E-state index in [1.54, 1.807) is 50.5 Å². The average molecular weight is 424 g/mol. The summed E-state index contributed by atoms with van der Waals surface area (Å²) in [5.74, 6) is -0.197. The molecule has 1 heterocycles. The van der Waals surface area contributed by atoms with Crippen molar-refractivity contribution in [3.63, 3.8) is 0 Å². The highest BCUT2D eigenvalue weighted by atomic mass is 35.5. The number of nitrogens with one attached hydrogen (secondary N) is 3. The number of anilines is 1. The molecular weight excluding hydrogens is 401 g/mol. The SMILES string of the molecule is CN[C@@H](C)C(=O)N[C@H](Cc1ccc(Cl)c(Cl)c1)C(=O)NCc1ccc(N)nc1. The van der Waals surface area contributed by atoms with Crippen LogP contribution in [-0.2, 0) is 22.6 Å². The number of pyridine rings is 1. The predicted octanol–water partition coefficient (Wildman–Crippen LogP) is 1.92. The van der Waals surface area contributed by atoms with Gasteiger partial charge in [0, 0.05) is 19.2 Å². The van der Waals surface area contributed by atoms with Crippen LogP contribution < -0.4 is 21.7 Å². The molecule has 0 bridgehead atoms. The first-order valence-corrected chi connectivity index (χ1v) is 9.45. The van der Waals surface area contributed by atoms with Gasteiger partial charge in [-0.25, -0.2) is 4.98 Å². The van der Waals surface area contributed by atoms with E-state index < -0.39 is 12.1 Å². The van der Waals surface area contributed by atoms with E-state index in [4.69, 9.17) is 28.9 Å². The Morgan fingerprint density at radius 1 is 1.11 bits per heavy atom. The Morgan fingerprint density at radius 2 is 1.82 bits per heavy atom. The molecule has 9 heteroatoms. The van der Waals surface area contributed by atoms with Crippen molar-refractivity contribution in [1.82, 2.24) is 20.9 Å². The molecule has 2 rings (SSSR count). The lowest BCUT2D eigenvalue weighted by Gasteiger charge is -2.21. The Kier molecular flexibility index (Phi) is 8.04. The molecule has 28 heavy (non-hydrogen) atoms. The first-order chi connectivity index (χ1) is 13.3. The Hall–Kier alpha value is -2.35. The number of halogens is 2. The summed E-state index contributed by atoms with van der Waals surface area (Å²) < 4.78 is 0. The lowest BCUT2D eigenvalue weighted by molar-refractivity contribution is -0.129. The highest BCUT2D eigenvalue weighted by Gasteiger charge is 2.23. The Balaban J connectivity index is 2.11. The van der Waals surface area contributed by atoms with Gasteiger partial charge in [0.1, 0.15) is 11.9 Å². The molecule has 1 aromatic heterocycles. The van der Waals surface area contributed by atoms with E-state index in [1.165, 1.54) is 0 Å². The number of nitrogens with two attached hydrogens (primary N) is 1. The Labute approximate surface area is 174 Å². The number of aromatic nitrogens is 1. The zero-order chi connectivity index (χ0) is 20.7. The van der Waals surface area contributed by atoms with Crippen molar-refractivity contribution in [2.75, 3.05) is 12.8 Å². The van der Waals surface area contributed by atoms with Crippen molar-refractivity contribution in [2.45, 2.75) is 32.0 Å². The quantitative estimate of drug-likeness (QED) is 0.518. The maximum absolute atomic E-state index is 12.7. The summed E-state index contributed by atoms with van der Waals surface area (Å²) in [5.41, 5.74) is 7.14. The van der Waals surface area contributed by atoms with Crippen LogP contribution in [0, 0.1) is 0 Å². The summed E-state index contributed by atoms with van der Waals surface area (Å²) in [7, 11) is 1.67. The number of hydrogen-bond donors (Lipinski definition) is 4. The zero-order valence-corrected chi connectivity index (χ0v) is 17.1. The standard InChI is InChI=1S/C19H23Cl2N5O2/c1-11(23-2)18(27)26-16(8-12-3-5-14(20)15(21)7-12)19(28)25-10-13-4-6-17(22)24-9-13/h3-7,9,11,16,23H,8,10H2,1-2H3,(H2,22,24)(H,25,28)(H,26,27)/t11-,16+/m0/s1. The number of likely N-dealkylation sites (N-methyl/N-ethyl adjacent to an activating group) is 1. The summed E-state index contributed by atoms with van der Waals surface area (Å²) >= 11 is 12.0. The first kappa shape index (κ1) is 21.9. The summed E-state index contributed by atoms with van der Waals surface area (Å²) in [5, 5.41) is 9.25. The van der Waals surface area contributed by atoms with Gasteiger partial charge >= 0.3 is 0 Å². The van der Waals surface area contributed by atoms with Gasteiger partial charge in [-0.15, -0.1) is 0 Å². The van der Waals surface area contributed by atoms with Crippen molar-refractivity contribution < 1.29 is 9.59 Å². The van der Waals surface area contributed by atoms with Crippen LogP contribution in [0.2, 0.25) is 10.0 Å². The molecule has 2 amide bonds.